The smallest absolute Gasteiger partial charge is 0.0541 e. The number of nitrogen functional groups attached to an aromatic ring is 1. The summed E-state index contributed by atoms with van der Waals surface area (Å²) >= 11 is 0. The number of anilines is 1. The molecule has 0 unspecified atom stereocenters. The van der Waals surface area contributed by atoms with Crippen LogP contribution >= 0.6 is 0 Å². The fourth-order valence-electron chi connectivity index (χ4n) is 7.87. The Kier molecular flexibility index (Phi) is 6.65. The molecule has 0 aliphatic rings. The van der Waals surface area contributed by atoms with Gasteiger partial charge >= 0.3 is 0 Å². The maximum atomic E-state index is 6.10. The number of nitrogens with zero attached hydrogens (tertiary/aromatic N) is 2. The van der Waals surface area contributed by atoms with Crippen molar-refractivity contribution in [3.8, 4) is 44.8 Å². The molecule has 0 atom stereocenters. The minimum atomic E-state index is 0.760. The van der Waals surface area contributed by atoms with Crippen molar-refractivity contribution in [3.05, 3.63) is 188 Å². The van der Waals surface area contributed by atoms with Crippen LogP contribution in [0.15, 0.2) is 188 Å². The number of rotatable bonds is 5. The number of fused-ring (bicyclic) bond motifs is 6. The van der Waals surface area contributed by atoms with Gasteiger partial charge in [-0.05, 0) is 100 Å². The first-order chi connectivity index (χ1) is 25.2. The van der Waals surface area contributed by atoms with E-state index in [0.29, 0.717) is 0 Å². The first-order valence-electron chi connectivity index (χ1n) is 17.4. The third kappa shape index (κ3) is 4.74. The molecule has 10 rings (SSSR count). The summed E-state index contributed by atoms with van der Waals surface area (Å²) < 4.78 is 4.73. The molecule has 0 aliphatic carbocycles. The molecule has 0 aliphatic heterocycles. The van der Waals surface area contributed by atoms with Crippen molar-refractivity contribution in [2.75, 3.05) is 5.73 Å². The van der Waals surface area contributed by atoms with Crippen molar-refractivity contribution in [1.82, 2.24) is 9.13 Å². The molecule has 0 saturated carbocycles. The summed E-state index contributed by atoms with van der Waals surface area (Å²) in [7, 11) is 0. The lowest BCUT2D eigenvalue weighted by Crippen LogP contribution is -1.95. The Hall–Kier alpha value is -6.84. The van der Waals surface area contributed by atoms with Gasteiger partial charge in [0.2, 0.25) is 0 Å². The van der Waals surface area contributed by atoms with Crippen LogP contribution in [0.2, 0.25) is 0 Å². The Bertz CT molecular complexity index is 2780. The molecule has 2 aromatic heterocycles. The molecule has 3 heteroatoms. The molecule has 51 heavy (non-hydrogen) atoms. The van der Waals surface area contributed by atoms with Crippen molar-refractivity contribution in [2.45, 2.75) is 0 Å². The van der Waals surface area contributed by atoms with Crippen molar-refractivity contribution in [3.63, 3.8) is 0 Å². The van der Waals surface area contributed by atoms with Gasteiger partial charge in [-0.1, -0.05) is 121 Å². The summed E-state index contributed by atoms with van der Waals surface area (Å²) in [5, 5.41) is 5.06. The van der Waals surface area contributed by atoms with Crippen LogP contribution in [0, 0.1) is 0 Å². The lowest BCUT2D eigenvalue weighted by atomic mass is 9.91. The van der Waals surface area contributed by atoms with Crippen LogP contribution < -0.4 is 5.73 Å². The molecular weight excluding hydrogens is 619 g/mol. The fraction of sp³-hybridized carbons (Fsp3) is 0. The van der Waals surface area contributed by atoms with E-state index in [2.05, 4.69) is 185 Å². The average molecular weight is 652 g/mol. The van der Waals surface area contributed by atoms with Gasteiger partial charge in [-0.2, -0.15) is 0 Å². The Morgan fingerprint density at radius 2 is 0.647 bits per heavy atom. The SMILES string of the molecule is Nc1ccc(-c2ccc(-c3ccc(-n4c5ccccc5c5ccccc54)cc3)cc2-c2ccc(-n3c4ccccc4c4ccccc43)cc2)cc1. The number of hydrogen-bond acceptors (Lipinski definition) is 1. The summed E-state index contributed by atoms with van der Waals surface area (Å²) in [6.07, 6.45) is 0. The zero-order chi connectivity index (χ0) is 33.9. The highest BCUT2D eigenvalue weighted by Gasteiger charge is 2.15. The van der Waals surface area contributed by atoms with E-state index in [0.717, 1.165) is 28.2 Å². The molecule has 0 bridgehead atoms. The molecule has 240 valence electrons. The van der Waals surface area contributed by atoms with Gasteiger partial charge in [0.15, 0.2) is 0 Å². The third-order valence-electron chi connectivity index (χ3n) is 10.3. The van der Waals surface area contributed by atoms with Crippen LogP contribution in [-0.4, -0.2) is 9.13 Å². The molecule has 8 aromatic carbocycles. The largest absolute Gasteiger partial charge is 0.399 e. The first-order valence-corrected chi connectivity index (χ1v) is 17.4. The first kappa shape index (κ1) is 29.1. The maximum Gasteiger partial charge on any atom is 0.0541 e. The molecule has 0 spiro atoms. The predicted octanol–water partition coefficient (Wildman–Crippen LogP) is 12.5. The van der Waals surface area contributed by atoms with Gasteiger partial charge in [-0.25, -0.2) is 0 Å². The highest BCUT2D eigenvalue weighted by atomic mass is 15.0. The van der Waals surface area contributed by atoms with E-state index in [1.807, 2.05) is 12.1 Å². The normalized spacial score (nSPS) is 11.6. The number of aromatic nitrogens is 2. The molecule has 10 aromatic rings. The minimum absolute atomic E-state index is 0.760. The van der Waals surface area contributed by atoms with E-state index >= 15 is 0 Å². The van der Waals surface area contributed by atoms with Gasteiger partial charge in [0.1, 0.15) is 0 Å². The second kappa shape index (κ2) is 11.6. The predicted molar refractivity (Wildman–Crippen MR) is 216 cm³/mol. The van der Waals surface area contributed by atoms with Crippen molar-refractivity contribution >= 4 is 49.3 Å². The van der Waals surface area contributed by atoms with E-state index in [-0.39, 0.29) is 0 Å². The van der Waals surface area contributed by atoms with Gasteiger partial charge < -0.3 is 14.9 Å². The lowest BCUT2D eigenvalue weighted by Gasteiger charge is -2.15. The quantitative estimate of drug-likeness (QED) is 0.185. The highest BCUT2D eigenvalue weighted by Crippen LogP contribution is 2.39. The minimum Gasteiger partial charge on any atom is -0.399 e. The summed E-state index contributed by atoms with van der Waals surface area (Å²) in [6.45, 7) is 0. The molecular formula is C48H33N3. The molecule has 0 saturated heterocycles. The van der Waals surface area contributed by atoms with E-state index < -0.39 is 0 Å². The van der Waals surface area contributed by atoms with Crippen molar-refractivity contribution in [2.24, 2.45) is 0 Å². The Balaban J connectivity index is 1.08. The standard InChI is InChI=1S/C48H33N3/c49-36-24-17-33(18-25-36)39-30-23-35(32-19-26-37(27-20-32)50-45-13-5-1-9-40(45)41-10-2-6-14-46(41)50)31-44(39)34-21-28-38(29-22-34)51-47-15-7-3-11-42(47)43-12-4-8-16-48(43)51/h1-31H,49H2. The van der Waals surface area contributed by atoms with E-state index in [4.69, 9.17) is 5.73 Å². The van der Waals surface area contributed by atoms with Gasteiger partial charge in [-0.15, -0.1) is 0 Å². The summed E-state index contributed by atoms with van der Waals surface area (Å²) in [5.41, 5.74) is 21.0. The Morgan fingerprint density at radius 3 is 1.10 bits per heavy atom. The lowest BCUT2D eigenvalue weighted by molar-refractivity contribution is 1.18. The van der Waals surface area contributed by atoms with Gasteiger partial charge in [0, 0.05) is 38.6 Å². The fourth-order valence-corrected chi connectivity index (χ4v) is 7.87. The molecule has 0 radical (unpaired) electrons. The maximum absolute atomic E-state index is 6.10. The van der Waals surface area contributed by atoms with Gasteiger partial charge in [0.25, 0.3) is 0 Å². The van der Waals surface area contributed by atoms with Crippen molar-refractivity contribution in [1.29, 1.82) is 0 Å². The summed E-state index contributed by atoms with van der Waals surface area (Å²) in [4.78, 5) is 0. The van der Waals surface area contributed by atoms with Gasteiger partial charge in [-0.3, -0.25) is 0 Å². The van der Waals surface area contributed by atoms with Crippen molar-refractivity contribution < 1.29 is 0 Å². The van der Waals surface area contributed by atoms with E-state index in [1.165, 1.54) is 65.9 Å². The molecule has 2 heterocycles. The second-order valence-electron chi connectivity index (χ2n) is 13.2. The van der Waals surface area contributed by atoms with Crippen LogP contribution in [0.1, 0.15) is 0 Å². The molecule has 3 nitrogen and oxygen atoms in total. The monoisotopic (exact) mass is 651 g/mol. The Labute approximate surface area is 296 Å². The Morgan fingerprint density at radius 1 is 0.294 bits per heavy atom. The molecule has 0 amide bonds. The van der Waals surface area contributed by atoms with Crippen LogP contribution in [0.5, 0.6) is 0 Å². The van der Waals surface area contributed by atoms with Crippen LogP contribution in [0.25, 0.3) is 88.4 Å². The number of benzene rings is 8. The average Bonchev–Trinajstić information content (AvgIpc) is 3.71. The summed E-state index contributed by atoms with van der Waals surface area (Å²) in [6, 6.07) is 67.6. The third-order valence-corrected chi connectivity index (χ3v) is 10.3. The number of nitrogens with two attached hydrogens (primary N) is 1. The van der Waals surface area contributed by atoms with E-state index in [1.54, 1.807) is 0 Å². The highest BCUT2D eigenvalue weighted by molar-refractivity contribution is 6.10. The van der Waals surface area contributed by atoms with Gasteiger partial charge in [0.05, 0.1) is 22.1 Å². The number of hydrogen-bond donors (Lipinski definition) is 1. The zero-order valence-electron chi connectivity index (χ0n) is 27.9. The van der Waals surface area contributed by atoms with Crippen LogP contribution in [-0.2, 0) is 0 Å². The van der Waals surface area contributed by atoms with Crippen LogP contribution in [0.3, 0.4) is 0 Å². The van der Waals surface area contributed by atoms with Crippen LogP contribution in [0.4, 0.5) is 5.69 Å². The zero-order valence-corrected chi connectivity index (χ0v) is 27.9. The topological polar surface area (TPSA) is 35.9 Å². The molecule has 2 N–H and O–H groups in total. The second-order valence-corrected chi connectivity index (χ2v) is 13.2. The van der Waals surface area contributed by atoms with E-state index in [9.17, 15) is 0 Å². The number of para-hydroxylation sites is 4. The summed E-state index contributed by atoms with van der Waals surface area (Å²) in [5.74, 6) is 0. The molecule has 0 fully saturated rings.